The summed E-state index contributed by atoms with van der Waals surface area (Å²) in [6.45, 7) is 0. The predicted molar refractivity (Wildman–Crippen MR) is 480 cm³/mol. The van der Waals surface area contributed by atoms with E-state index in [1.54, 1.807) is 0 Å². The van der Waals surface area contributed by atoms with Gasteiger partial charge in [0.25, 0.3) is 0 Å². The molecule has 0 saturated carbocycles. The molecule has 13 heteroatoms. The minimum Gasteiger partial charge on any atom is -0.311 e. The van der Waals surface area contributed by atoms with E-state index >= 15 is 0 Å². The monoisotopic (exact) mass is 1550 g/mol. The zero-order valence-electron chi connectivity index (χ0n) is 63.1. The molecule has 0 aliphatic carbocycles. The summed E-state index contributed by atoms with van der Waals surface area (Å²) in [6.07, 6.45) is 0. The van der Waals surface area contributed by atoms with E-state index < -0.39 is 0 Å². The van der Waals surface area contributed by atoms with Crippen LogP contribution < -0.4 is 19.6 Å². The van der Waals surface area contributed by atoms with Gasteiger partial charge >= 0.3 is 0 Å². The molecule has 5 aliphatic rings. The number of rotatable bonds is 15. The molecular weight excluding hydrogens is 1480 g/mol. The van der Waals surface area contributed by atoms with Gasteiger partial charge in [0.2, 0.25) is 0 Å². The van der Waals surface area contributed by atoms with Crippen molar-refractivity contribution in [1.29, 1.82) is 0 Å². The number of benzene rings is 16. The van der Waals surface area contributed by atoms with E-state index in [-0.39, 0.29) is 17.1 Å². The van der Waals surface area contributed by atoms with Gasteiger partial charge in [0.1, 0.15) is 0 Å². The van der Waals surface area contributed by atoms with Crippen molar-refractivity contribution in [1.82, 2.24) is 0 Å². The Morgan fingerprint density at radius 1 is 0.111 bits per heavy atom. The molecule has 117 heavy (non-hydrogen) atoms. The second-order valence-electron chi connectivity index (χ2n) is 28.3. The second-order valence-corrected chi connectivity index (χ2v) is 28.3. The maximum absolute atomic E-state index is 4.95. The molecule has 0 spiro atoms. The largest absolute Gasteiger partial charge is 0.311 e. The Morgan fingerprint density at radius 2 is 0.214 bits per heavy atom. The number of anilines is 12. The molecule has 16 aromatic carbocycles. The first-order valence-corrected chi connectivity index (χ1v) is 38.7. The zero-order chi connectivity index (χ0) is 77.1. The minimum atomic E-state index is 0. The Kier molecular flexibility index (Phi) is 19.7. The van der Waals surface area contributed by atoms with Crippen molar-refractivity contribution < 1.29 is 17.1 Å². The topological polar surface area (TPSA) is 112 Å². The van der Waals surface area contributed by atoms with Crippen LogP contribution in [0.25, 0.3) is 33.4 Å². The van der Waals surface area contributed by atoms with Gasteiger partial charge in [0.15, 0.2) is 46.7 Å². The molecule has 5 aliphatic heterocycles. The Morgan fingerprint density at radius 3 is 0.333 bits per heavy atom. The maximum atomic E-state index is 4.95. The van der Waals surface area contributed by atoms with Gasteiger partial charge < -0.3 is 19.6 Å². The summed E-state index contributed by atoms with van der Waals surface area (Å²) in [7, 11) is 0. The summed E-state index contributed by atoms with van der Waals surface area (Å²) >= 11 is 0. The quantitative estimate of drug-likeness (QED) is 0.0952. The number of para-hydroxylation sites is 6. The maximum Gasteiger partial charge on any atom is 0.164 e. The van der Waals surface area contributed by atoms with Crippen LogP contribution in [0, 0.1) is 0 Å². The molecule has 0 saturated heterocycles. The SMILES string of the molecule is [Cu].c1ccc(N(c2ccccc2)c2ccc(-c3ccc(N(c4ccccc4)c4ccc(-c5ccc(N(c6ccccc6)c6ccc(-c7ccc(N(c8ccccc8)c8ccccc8)cc7)cc6)cc5)cc4)cc3)cc2)cc1.c1ccc2c(c1)C1=NC2=NC2=NC(=NC3=NC(=NC4=NC(=N1)c1ccccc14)c1ccccc13)c1ccccc12. The number of fused-ring (bicyclic) bond motifs is 16. The normalized spacial score (nSPS) is 13.0. The molecule has 12 nitrogen and oxygen atoms in total. The summed E-state index contributed by atoms with van der Waals surface area (Å²) in [5.41, 5.74) is 27.3. The predicted octanol–water partition coefficient (Wildman–Crippen LogP) is 25.4. The fourth-order valence-corrected chi connectivity index (χ4v) is 15.5. The fourth-order valence-electron chi connectivity index (χ4n) is 15.5. The first-order valence-electron chi connectivity index (χ1n) is 38.7. The molecule has 5 heterocycles. The molecule has 0 atom stereocenters. The smallest absolute Gasteiger partial charge is 0.164 e. The third kappa shape index (κ3) is 14.4. The molecule has 0 unspecified atom stereocenters. The number of aliphatic imine (C=N–C) groups is 8. The summed E-state index contributed by atoms with van der Waals surface area (Å²) in [5.74, 6) is 4.42. The number of nitrogens with zero attached hydrogens (tertiary/aromatic N) is 12. The summed E-state index contributed by atoms with van der Waals surface area (Å²) < 4.78 is 0. The van der Waals surface area contributed by atoms with Crippen molar-refractivity contribution in [2.45, 2.75) is 0 Å². The van der Waals surface area contributed by atoms with Crippen molar-refractivity contribution >= 4 is 115 Å². The van der Waals surface area contributed by atoms with Gasteiger partial charge in [0.05, 0.1) is 0 Å². The third-order valence-corrected chi connectivity index (χ3v) is 21.2. The summed E-state index contributed by atoms with van der Waals surface area (Å²) in [6, 6.07) is 148. The average Bonchev–Trinajstić information content (AvgIpc) is 1.63. The summed E-state index contributed by atoms with van der Waals surface area (Å²) in [4.78, 5) is 48.5. The van der Waals surface area contributed by atoms with Crippen molar-refractivity contribution in [3.8, 4) is 33.4 Å². The van der Waals surface area contributed by atoms with Crippen LogP contribution in [0.1, 0.15) is 44.5 Å². The van der Waals surface area contributed by atoms with Crippen LogP contribution in [-0.4, -0.2) is 46.7 Å². The van der Waals surface area contributed by atoms with Gasteiger partial charge in [-0.25, -0.2) is 39.9 Å². The Bertz CT molecular complexity index is 5960. The Balaban J connectivity index is 0.000000185. The molecule has 0 amide bonds. The number of hydrogen-bond acceptors (Lipinski definition) is 12. The molecular formula is C104H70CuN12. The second kappa shape index (κ2) is 32.0. The molecule has 0 N–H and O–H groups in total. The number of amidine groups is 8. The minimum absolute atomic E-state index is 0. The van der Waals surface area contributed by atoms with Crippen LogP contribution in [0.15, 0.2) is 465 Å². The zero-order valence-corrected chi connectivity index (χ0v) is 64.0. The van der Waals surface area contributed by atoms with E-state index in [1.165, 1.54) is 0 Å². The Labute approximate surface area is 689 Å². The van der Waals surface area contributed by atoms with E-state index in [0.29, 0.717) is 46.7 Å². The van der Waals surface area contributed by atoms with Crippen LogP contribution in [-0.2, 0) is 17.1 Å². The number of hydrogen-bond donors (Lipinski definition) is 0. The van der Waals surface area contributed by atoms with Crippen LogP contribution in [0.3, 0.4) is 0 Å². The summed E-state index contributed by atoms with van der Waals surface area (Å²) in [5, 5.41) is 0. The average molecular weight is 1550 g/mol. The fraction of sp³-hybridized carbons (Fsp3) is 0. The van der Waals surface area contributed by atoms with Crippen molar-refractivity contribution in [2.75, 3.05) is 19.6 Å². The molecule has 1 radical (unpaired) electrons. The first-order chi connectivity index (χ1) is 57.5. The van der Waals surface area contributed by atoms with Gasteiger partial charge in [-0.1, -0.05) is 279 Å². The molecule has 8 bridgehead atoms. The van der Waals surface area contributed by atoms with Gasteiger partial charge in [0, 0.05) is 130 Å². The van der Waals surface area contributed by atoms with Crippen molar-refractivity contribution in [2.24, 2.45) is 39.9 Å². The van der Waals surface area contributed by atoms with Crippen LogP contribution in [0.4, 0.5) is 68.2 Å². The van der Waals surface area contributed by atoms with E-state index in [9.17, 15) is 0 Å². The van der Waals surface area contributed by atoms with E-state index in [2.05, 4.69) is 347 Å². The first kappa shape index (κ1) is 71.9. The third-order valence-electron chi connectivity index (χ3n) is 21.2. The van der Waals surface area contributed by atoms with Crippen molar-refractivity contribution in [3.63, 3.8) is 0 Å². The van der Waals surface area contributed by atoms with Gasteiger partial charge in [-0.3, -0.25) is 0 Å². The molecule has 21 rings (SSSR count). The standard InChI is InChI=1S/C72H54N4.C32H16N8.Cu/c1-7-19-61(20-8-1)73(62-21-9-2-10-22-62)67-43-31-55(32-44-67)57-35-47-69(48-36-57)75(65-27-15-5-16-28-65)71-51-39-59(40-52-71)60-41-53-72(54-42-60)76(66-29-17-6-18-30-66)70-49-37-58(38-50-70)56-33-45-68(46-34-56)74(63-23-11-3-12-24-63)64-25-13-4-14-26-64;1-2-10-18-17(9-1)25-33-26(18)38-28-21-13-5-6-14-22(21)30(35-28)40-32-24-16-8-7-15-23(24)31(36-32)39-29-20-12-4-3-11-19(20)27(34-29)37-25;/h1-54H;1-16H;. The van der Waals surface area contributed by atoms with Gasteiger partial charge in [-0.05, 0) is 179 Å². The van der Waals surface area contributed by atoms with Crippen molar-refractivity contribution in [3.05, 3.63) is 469 Å². The Hall–Kier alpha value is -15.4. The van der Waals surface area contributed by atoms with E-state index in [0.717, 1.165) is 146 Å². The van der Waals surface area contributed by atoms with Gasteiger partial charge in [-0.15, -0.1) is 0 Å². The molecule has 557 valence electrons. The van der Waals surface area contributed by atoms with Crippen LogP contribution in [0.2, 0.25) is 0 Å². The van der Waals surface area contributed by atoms with Crippen LogP contribution in [0.5, 0.6) is 0 Å². The van der Waals surface area contributed by atoms with E-state index in [1.807, 2.05) is 97.1 Å². The molecule has 16 aromatic rings. The van der Waals surface area contributed by atoms with Gasteiger partial charge in [-0.2, -0.15) is 0 Å². The van der Waals surface area contributed by atoms with Crippen LogP contribution >= 0.6 is 0 Å². The molecule has 0 aromatic heterocycles. The molecule has 0 fully saturated rings. The van der Waals surface area contributed by atoms with E-state index in [4.69, 9.17) is 39.9 Å².